The number of rotatable bonds is 6. The number of nitrogens with zero attached hydrogens (tertiary/aromatic N) is 2. The lowest BCUT2D eigenvalue weighted by atomic mass is 10.2. The second-order valence-electron chi connectivity index (χ2n) is 5.83. The molecule has 1 aliphatic carbocycles. The summed E-state index contributed by atoms with van der Waals surface area (Å²) in [7, 11) is -3.50. The van der Waals surface area contributed by atoms with Gasteiger partial charge in [-0.05, 0) is 43.4 Å². The Morgan fingerprint density at radius 3 is 2.87 bits per heavy atom. The van der Waals surface area contributed by atoms with Gasteiger partial charge in [-0.25, -0.2) is 18.1 Å². The van der Waals surface area contributed by atoms with Gasteiger partial charge in [-0.2, -0.15) is 5.26 Å². The van der Waals surface area contributed by atoms with Crippen molar-refractivity contribution in [2.45, 2.75) is 31.6 Å². The summed E-state index contributed by atoms with van der Waals surface area (Å²) in [6, 6.07) is 8.48. The number of benzene rings is 1. The molecular weight excluding hydrogens is 330 g/mol. The van der Waals surface area contributed by atoms with E-state index >= 15 is 0 Å². The van der Waals surface area contributed by atoms with Crippen LogP contribution in [0.1, 0.15) is 40.7 Å². The van der Waals surface area contributed by atoms with E-state index in [-0.39, 0.29) is 11.8 Å². The molecule has 0 bridgehead atoms. The maximum atomic E-state index is 12.5. The molecule has 3 rings (SSSR count). The van der Waals surface area contributed by atoms with Crippen LogP contribution < -0.4 is 4.72 Å². The second kappa shape index (κ2) is 6.40. The molecule has 23 heavy (non-hydrogen) atoms. The highest BCUT2D eigenvalue weighted by molar-refractivity contribution is 7.88. The Kier molecular flexibility index (Phi) is 4.48. The number of aromatic nitrogens is 1. The van der Waals surface area contributed by atoms with Gasteiger partial charge >= 0.3 is 0 Å². The molecule has 7 heteroatoms. The Balaban J connectivity index is 1.77. The van der Waals surface area contributed by atoms with Gasteiger partial charge < -0.3 is 0 Å². The molecule has 1 aromatic carbocycles. The number of thiazole rings is 1. The van der Waals surface area contributed by atoms with Crippen LogP contribution >= 0.6 is 11.3 Å². The lowest BCUT2D eigenvalue weighted by molar-refractivity contribution is 0.526. The standard InChI is InChI=1S/C16H17N3O2S2/c1-11-9-22-16(18-11)15(14-5-6-14)19-23(20,21)10-13-4-2-3-12(7-13)8-17/h2-4,7,9,14-15,19H,5-6,10H2,1H3/t15-/m1/s1. The zero-order valence-electron chi connectivity index (χ0n) is 12.7. The number of nitriles is 1. The van der Waals surface area contributed by atoms with Crippen molar-refractivity contribution in [3.8, 4) is 6.07 Å². The van der Waals surface area contributed by atoms with Crippen molar-refractivity contribution in [1.29, 1.82) is 5.26 Å². The molecular formula is C16H17N3O2S2. The molecule has 1 atom stereocenters. The maximum absolute atomic E-state index is 12.5. The Labute approximate surface area is 140 Å². The first-order chi connectivity index (χ1) is 11.0. The van der Waals surface area contributed by atoms with Gasteiger partial charge in [0.2, 0.25) is 10.0 Å². The molecule has 0 unspecified atom stereocenters. The molecule has 120 valence electrons. The van der Waals surface area contributed by atoms with Gasteiger partial charge in [0.25, 0.3) is 0 Å². The Morgan fingerprint density at radius 2 is 2.26 bits per heavy atom. The Hall–Kier alpha value is -1.75. The van der Waals surface area contributed by atoms with Crippen LogP contribution in [0.2, 0.25) is 0 Å². The van der Waals surface area contributed by atoms with Crippen LogP contribution in [0.25, 0.3) is 0 Å². The number of hydrogen-bond acceptors (Lipinski definition) is 5. The fourth-order valence-corrected chi connectivity index (χ4v) is 4.88. The largest absolute Gasteiger partial charge is 0.245 e. The fourth-order valence-electron chi connectivity index (χ4n) is 2.48. The normalized spacial score (nSPS) is 16.0. The minimum atomic E-state index is -3.50. The van der Waals surface area contributed by atoms with Crippen LogP contribution in [-0.4, -0.2) is 13.4 Å². The SMILES string of the molecule is Cc1csc([C@H](NS(=O)(=O)Cc2cccc(C#N)c2)C2CC2)n1. The lowest BCUT2D eigenvalue weighted by Gasteiger charge is -2.16. The van der Waals surface area contributed by atoms with E-state index in [0.717, 1.165) is 23.5 Å². The van der Waals surface area contributed by atoms with Crippen LogP contribution in [0.5, 0.6) is 0 Å². The predicted octanol–water partition coefficient (Wildman–Crippen LogP) is 2.89. The van der Waals surface area contributed by atoms with Gasteiger partial charge in [0, 0.05) is 11.1 Å². The molecule has 5 nitrogen and oxygen atoms in total. The first kappa shape index (κ1) is 16.1. The van der Waals surface area contributed by atoms with Crippen molar-refractivity contribution < 1.29 is 8.42 Å². The van der Waals surface area contributed by atoms with Gasteiger partial charge in [-0.1, -0.05) is 12.1 Å². The van der Waals surface area contributed by atoms with Gasteiger partial charge in [-0.15, -0.1) is 11.3 Å². The van der Waals surface area contributed by atoms with E-state index in [1.165, 1.54) is 11.3 Å². The average Bonchev–Trinajstić information content (AvgIpc) is 3.26. The molecule has 1 aliphatic rings. The molecule has 0 amide bonds. The summed E-state index contributed by atoms with van der Waals surface area (Å²) in [5.41, 5.74) is 1.99. The molecule has 0 aliphatic heterocycles. The number of aryl methyl sites for hydroxylation is 1. The van der Waals surface area contributed by atoms with Gasteiger partial charge in [-0.3, -0.25) is 0 Å². The van der Waals surface area contributed by atoms with Crippen LogP contribution in [0.4, 0.5) is 0 Å². The number of nitrogens with one attached hydrogen (secondary N) is 1. The van der Waals surface area contributed by atoms with Gasteiger partial charge in [0.15, 0.2) is 0 Å². The van der Waals surface area contributed by atoms with Crippen LogP contribution in [0.3, 0.4) is 0 Å². The third-order valence-electron chi connectivity index (χ3n) is 3.72. The first-order valence-electron chi connectivity index (χ1n) is 7.38. The molecule has 1 fully saturated rings. The summed E-state index contributed by atoms with van der Waals surface area (Å²) in [5.74, 6) is 0.205. The summed E-state index contributed by atoms with van der Waals surface area (Å²) in [6.07, 6.45) is 2.05. The molecule has 2 aromatic rings. The highest BCUT2D eigenvalue weighted by atomic mass is 32.2. The summed E-state index contributed by atoms with van der Waals surface area (Å²) in [4.78, 5) is 4.44. The van der Waals surface area contributed by atoms with E-state index in [4.69, 9.17) is 5.26 Å². The highest BCUT2D eigenvalue weighted by Gasteiger charge is 2.36. The minimum absolute atomic E-state index is 0.129. The molecule has 1 aromatic heterocycles. The average molecular weight is 347 g/mol. The number of hydrogen-bond donors (Lipinski definition) is 1. The summed E-state index contributed by atoms with van der Waals surface area (Å²) >= 11 is 1.50. The van der Waals surface area contributed by atoms with Crippen molar-refractivity contribution in [3.63, 3.8) is 0 Å². The molecule has 0 spiro atoms. The van der Waals surface area contributed by atoms with Crippen LogP contribution in [-0.2, 0) is 15.8 Å². The molecule has 0 saturated heterocycles. The third kappa shape index (κ3) is 4.16. The van der Waals surface area contributed by atoms with Crippen molar-refractivity contribution in [1.82, 2.24) is 9.71 Å². The quantitative estimate of drug-likeness (QED) is 0.871. The van der Waals surface area contributed by atoms with Crippen LogP contribution in [0, 0.1) is 24.2 Å². The number of sulfonamides is 1. The van der Waals surface area contributed by atoms with Crippen molar-refractivity contribution in [2.75, 3.05) is 0 Å². The highest BCUT2D eigenvalue weighted by Crippen LogP contribution is 2.42. The summed E-state index contributed by atoms with van der Waals surface area (Å²) < 4.78 is 27.8. The molecule has 1 N–H and O–H groups in total. The van der Waals surface area contributed by atoms with Gasteiger partial charge in [0.05, 0.1) is 23.4 Å². The van der Waals surface area contributed by atoms with E-state index in [1.807, 2.05) is 18.4 Å². The van der Waals surface area contributed by atoms with Crippen molar-refractivity contribution >= 4 is 21.4 Å². The zero-order chi connectivity index (χ0) is 16.4. The summed E-state index contributed by atoms with van der Waals surface area (Å²) in [6.45, 7) is 1.91. The van der Waals surface area contributed by atoms with E-state index in [1.54, 1.807) is 24.3 Å². The summed E-state index contributed by atoms with van der Waals surface area (Å²) in [5, 5.41) is 11.7. The molecule has 1 saturated carbocycles. The van der Waals surface area contributed by atoms with Crippen LogP contribution in [0.15, 0.2) is 29.6 Å². The Bertz CT molecular complexity index is 848. The fraction of sp³-hybridized carbons (Fsp3) is 0.375. The smallest absolute Gasteiger partial charge is 0.216 e. The minimum Gasteiger partial charge on any atom is -0.245 e. The second-order valence-corrected chi connectivity index (χ2v) is 8.47. The van der Waals surface area contributed by atoms with Gasteiger partial charge in [0.1, 0.15) is 5.01 Å². The lowest BCUT2D eigenvalue weighted by Crippen LogP contribution is -2.31. The van der Waals surface area contributed by atoms with E-state index in [9.17, 15) is 8.42 Å². The Morgan fingerprint density at radius 1 is 1.48 bits per heavy atom. The monoisotopic (exact) mass is 347 g/mol. The van der Waals surface area contributed by atoms with E-state index in [0.29, 0.717) is 17.0 Å². The zero-order valence-corrected chi connectivity index (χ0v) is 14.3. The van der Waals surface area contributed by atoms with Crippen molar-refractivity contribution in [2.24, 2.45) is 5.92 Å². The topological polar surface area (TPSA) is 82.9 Å². The maximum Gasteiger partial charge on any atom is 0.216 e. The first-order valence-corrected chi connectivity index (χ1v) is 9.91. The molecule has 0 radical (unpaired) electrons. The van der Waals surface area contributed by atoms with E-state index in [2.05, 4.69) is 9.71 Å². The van der Waals surface area contributed by atoms with Crippen molar-refractivity contribution in [3.05, 3.63) is 51.5 Å². The third-order valence-corrected chi connectivity index (χ3v) is 6.09. The predicted molar refractivity (Wildman–Crippen MR) is 89.2 cm³/mol. The molecule has 1 heterocycles. The van der Waals surface area contributed by atoms with E-state index < -0.39 is 10.0 Å².